The molecule has 0 rings (SSSR count). The van der Waals surface area contributed by atoms with E-state index >= 15 is 0 Å². The third kappa shape index (κ3) is 4.54. The van der Waals surface area contributed by atoms with Crippen molar-refractivity contribution in [2.24, 2.45) is 0 Å². The van der Waals surface area contributed by atoms with Gasteiger partial charge in [0.1, 0.15) is 6.08 Å². The lowest BCUT2D eigenvalue weighted by atomic mass is 10.6. The number of ether oxygens (including phenoxy) is 2. The van der Waals surface area contributed by atoms with Crippen molar-refractivity contribution in [2.45, 2.75) is 13.8 Å². The zero-order valence-electron chi connectivity index (χ0n) is 7.00. The molecule has 5 heteroatoms. The van der Waals surface area contributed by atoms with Crippen LogP contribution in [0.25, 0.3) is 0 Å². The van der Waals surface area contributed by atoms with Gasteiger partial charge in [-0.15, -0.1) is 0 Å². The average Bonchev–Trinajstić information content (AvgIpc) is 2.04. The van der Waals surface area contributed by atoms with Crippen molar-refractivity contribution >= 4 is 5.97 Å². The molecule has 0 spiro atoms. The molecule has 0 radical (unpaired) electrons. The molecule has 0 amide bonds. The van der Waals surface area contributed by atoms with Gasteiger partial charge in [-0.3, -0.25) is 4.94 Å². The number of rotatable bonds is 5. The second kappa shape index (κ2) is 6.45. The first-order valence-corrected chi connectivity index (χ1v) is 3.54. The average molecular weight is 178 g/mol. The van der Waals surface area contributed by atoms with E-state index in [-0.39, 0.29) is 13.2 Å². The zero-order chi connectivity index (χ0) is 9.40. The van der Waals surface area contributed by atoms with Crippen molar-refractivity contribution < 1.29 is 23.7 Å². The van der Waals surface area contributed by atoms with E-state index in [4.69, 9.17) is 0 Å². The number of carbonyl (C=O) groups is 1. The summed E-state index contributed by atoms with van der Waals surface area (Å²) < 4.78 is 20.6. The van der Waals surface area contributed by atoms with Crippen molar-refractivity contribution in [3.8, 4) is 0 Å². The largest absolute Gasteiger partial charge is 0.463 e. The molecule has 0 bridgehead atoms. The van der Waals surface area contributed by atoms with Gasteiger partial charge in [0.25, 0.3) is 0 Å². The van der Waals surface area contributed by atoms with E-state index in [9.17, 15) is 9.32 Å². The van der Waals surface area contributed by atoms with Gasteiger partial charge in [-0.25, -0.2) is 4.79 Å². The highest BCUT2D eigenvalue weighted by molar-refractivity contribution is 5.82. The van der Waals surface area contributed by atoms with Crippen LogP contribution >= 0.6 is 0 Å². The monoisotopic (exact) mass is 178 g/mol. The molecule has 0 aromatic rings. The van der Waals surface area contributed by atoms with E-state index in [0.717, 1.165) is 6.08 Å². The summed E-state index contributed by atoms with van der Waals surface area (Å²) in [5, 5.41) is 0. The molecule has 0 fully saturated rings. The molecule has 0 saturated carbocycles. The fraction of sp³-hybridized carbons (Fsp3) is 0.571. The van der Waals surface area contributed by atoms with Crippen molar-refractivity contribution in [1.29, 1.82) is 0 Å². The molecule has 0 aliphatic carbocycles. The first-order chi connectivity index (χ1) is 5.74. The van der Waals surface area contributed by atoms with E-state index in [0.29, 0.717) is 0 Å². The van der Waals surface area contributed by atoms with Gasteiger partial charge in [-0.05, 0) is 13.8 Å². The van der Waals surface area contributed by atoms with Crippen molar-refractivity contribution in [3.05, 3.63) is 12.0 Å². The van der Waals surface area contributed by atoms with Gasteiger partial charge in [-0.2, -0.15) is 0 Å². The molecule has 0 aliphatic rings. The summed E-state index contributed by atoms with van der Waals surface area (Å²) >= 11 is 0. The molecule has 70 valence electrons. The SMILES string of the molecule is CCOC(=O)C=C(OF)OCC. The molecule has 0 aromatic carbocycles. The van der Waals surface area contributed by atoms with Gasteiger partial charge in [0.2, 0.25) is 0 Å². The summed E-state index contributed by atoms with van der Waals surface area (Å²) in [5.74, 6) is -1.19. The summed E-state index contributed by atoms with van der Waals surface area (Å²) in [6.07, 6.45) is 0.799. The lowest BCUT2D eigenvalue weighted by Crippen LogP contribution is -2.03. The smallest absolute Gasteiger partial charge is 0.338 e. The Morgan fingerprint density at radius 3 is 2.33 bits per heavy atom. The van der Waals surface area contributed by atoms with Gasteiger partial charge < -0.3 is 9.47 Å². The summed E-state index contributed by atoms with van der Waals surface area (Å²) in [4.78, 5) is 13.9. The van der Waals surface area contributed by atoms with E-state index in [2.05, 4.69) is 14.4 Å². The molecule has 0 aliphatic heterocycles. The lowest BCUT2D eigenvalue weighted by molar-refractivity contribution is -0.152. The summed E-state index contributed by atoms with van der Waals surface area (Å²) in [7, 11) is 0. The topological polar surface area (TPSA) is 44.8 Å². The third-order valence-electron chi connectivity index (χ3n) is 0.885. The minimum absolute atomic E-state index is 0.217. The fourth-order valence-electron chi connectivity index (χ4n) is 0.509. The quantitative estimate of drug-likeness (QED) is 0.362. The van der Waals surface area contributed by atoms with E-state index < -0.39 is 11.9 Å². The van der Waals surface area contributed by atoms with Crippen LogP contribution in [0.4, 0.5) is 4.53 Å². The van der Waals surface area contributed by atoms with Crippen LogP contribution in [0, 0.1) is 0 Å². The predicted octanol–water partition coefficient (Wildman–Crippen LogP) is 1.33. The number of halogens is 1. The van der Waals surface area contributed by atoms with Crippen LogP contribution in [0.1, 0.15) is 13.8 Å². The maximum atomic E-state index is 11.5. The van der Waals surface area contributed by atoms with E-state index in [1.165, 1.54) is 0 Å². The molecular weight excluding hydrogens is 167 g/mol. The number of hydrogen-bond acceptors (Lipinski definition) is 4. The lowest BCUT2D eigenvalue weighted by Gasteiger charge is -2.01. The molecule has 0 heterocycles. The molecule has 0 aromatic heterocycles. The van der Waals surface area contributed by atoms with Crippen LogP contribution < -0.4 is 0 Å². The Kier molecular flexibility index (Phi) is 5.77. The van der Waals surface area contributed by atoms with Crippen molar-refractivity contribution in [2.75, 3.05) is 13.2 Å². The highest BCUT2D eigenvalue weighted by Crippen LogP contribution is 2.00. The summed E-state index contributed by atoms with van der Waals surface area (Å²) in [5.41, 5.74) is 0. The van der Waals surface area contributed by atoms with Crippen LogP contribution in [0.15, 0.2) is 12.0 Å². The normalized spacial score (nSPS) is 10.8. The maximum Gasteiger partial charge on any atom is 0.338 e. The standard InChI is InChI=1S/C7H11FO4/c1-3-10-6(9)5-7(12-8)11-4-2/h5H,3-4H2,1-2H3. The second-order valence-electron chi connectivity index (χ2n) is 1.73. The minimum Gasteiger partial charge on any atom is -0.463 e. The number of carbonyl (C=O) groups excluding carboxylic acids is 1. The minimum atomic E-state index is -0.696. The Balaban J connectivity index is 3.98. The number of esters is 1. The van der Waals surface area contributed by atoms with Crippen LogP contribution in [0.2, 0.25) is 0 Å². The highest BCUT2D eigenvalue weighted by atomic mass is 19.3. The van der Waals surface area contributed by atoms with Crippen LogP contribution in [-0.4, -0.2) is 19.2 Å². The molecule has 12 heavy (non-hydrogen) atoms. The van der Waals surface area contributed by atoms with Crippen LogP contribution in [0.3, 0.4) is 0 Å². The molecule has 0 saturated heterocycles. The Morgan fingerprint density at radius 1 is 1.33 bits per heavy atom. The van der Waals surface area contributed by atoms with E-state index in [1.807, 2.05) is 0 Å². The second-order valence-corrected chi connectivity index (χ2v) is 1.73. The Hall–Kier alpha value is -1.26. The van der Waals surface area contributed by atoms with Gasteiger partial charge in [0.15, 0.2) is 0 Å². The highest BCUT2D eigenvalue weighted by Gasteiger charge is 2.04. The van der Waals surface area contributed by atoms with E-state index in [1.54, 1.807) is 13.8 Å². The molecule has 4 nitrogen and oxygen atoms in total. The summed E-state index contributed by atoms with van der Waals surface area (Å²) in [6.45, 7) is 3.72. The molecule has 0 N–H and O–H groups in total. The predicted molar refractivity (Wildman–Crippen MR) is 38.5 cm³/mol. The van der Waals surface area contributed by atoms with Gasteiger partial charge in [0, 0.05) is 4.53 Å². The fourth-order valence-corrected chi connectivity index (χ4v) is 0.509. The Bertz CT molecular complexity index is 167. The Morgan fingerprint density at radius 2 is 1.92 bits per heavy atom. The molecule has 0 atom stereocenters. The first kappa shape index (κ1) is 10.7. The zero-order valence-corrected chi connectivity index (χ0v) is 7.00. The Labute approximate surface area is 69.8 Å². The van der Waals surface area contributed by atoms with Crippen molar-refractivity contribution in [1.82, 2.24) is 0 Å². The van der Waals surface area contributed by atoms with Gasteiger partial charge in [0.05, 0.1) is 13.2 Å². The molecule has 0 unspecified atom stereocenters. The van der Waals surface area contributed by atoms with Crippen LogP contribution in [0.5, 0.6) is 0 Å². The number of hydrogen-bond donors (Lipinski definition) is 0. The third-order valence-corrected chi connectivity index (χ3v) is 0.885. The van der Waals surface area contributed by atoms with Crippen molar-refractivity contribution in [3.63, 3.8) is 0 Å². The first-order valence-electron chi connectivity index (χ1n) is 3.54. The van der Waals surface area contributed by atoms with Gasteiger partial charge >= 0.3 is 11.9 Å². The summed E-state index contributed by atoms with van der Waals surface area (Å²) in [6, 6.07) is 0. The van der Waals surface area contributed by atoms with Gasteiger partial charge in [-0.1, -0.05) is 0 Å². The molecular formula is C7H11FO4. The van der Waals surface area contributed by atoms with Crippen LogP contribution in [-0.2, 0) is 19.2 Å². The maximum absolute atomic E-state index is 11.5.